The van der Waals surface area contributed by atoms with Gasteiger partial charge in [-0.2, -0.15) is 0 Å². The average molecular weight is 290 g/mol. The summed E-state index contributed by atoms with van der Waals surface area (Å²) in [7, 11) is 3.85. The van der Waals surface area contributed by atoms with Gasteiger partial charge in [-0.1, -0.05) is 12.1 Å². The minimum atomic E-state index is 0.780. The Morgan fingerprint density at radius 3 is 2.86 bits per heavy atom. The molecule has 0 aliphatic rings. The van der Waals surface area contributed by atoms with Crippen molar-refractivity contribution in [2.75, 3.05) is 40.4 Å². The van der Waals surface area contributed by atoms with Crippen molar-refractivity contribution in [1.82, 2.24) is 19.8 Å². The van der Waals surface area contributed by atoms with E-state index < -0.39 is 0 Å². The Morgan fingerprint density at radius 2 is 2.10 bits per heavy atom. The zero-order valence-corrected chi connectivity index (χ0v) is 13.3. The van der Waals surface area contributed by atoms with Crippen molar-refractivity contribution in [3.8, 4) is 0 Å². The van der Waals surface area contributed by atoms with Crippen molar-refractivity contribution in [3.63, 3.8) is 0 Å². The number of methoxy groups -OCH3 is 1. The summed E-state index contributed by atoms with van der Waals surface area (Å²) in [6.07, 6.45) is 0. The van der Waals surface area contributed by atoms with Crippen molar-refractivity contribution in [1.29, 1.82) is 0 Å². The van der Waals surface area contributed by atoms with Crippen molar-refractivity contribution in [2.24, 2.45) is 0 Å². The van der Waals surface area contributed by atoms with Gasteiger partial charge in [-0.15, -0.1) is 0 Å². The van der Waals surface area contributed by atoms with Crippen LogP contribution in [0.1, 0.15) is 12.7 Å². The number of hydrogen-bond acceptors (Lipinski definition) is 4. The van der Waals surface area contributed by atoms with Crippen LogP contribution in [-0.2, 0) is 17.8 Å². The number of aryl methyl sites for hydroxylation is 1. The van der Waals surface area contributed by atoms with E-state index in [-0.39, 0.29) is 0 Å². The number of nitrogens with one attached hydrogen (secondary N) is 1. The predicted octanol–water partition coefficient (Wildman–Crippen LogP) is 1.72. The van der Waals surface area contributed by atoms with Crippen LogP contribution in [0.15, 0.2) is 24.3 Å². The maximum atomic E-state index is 5.08. The number of para-hydroxylation sites is 2. The number of likely N-dealkylation sites (N-methyl/N-ethyl adjacent to an activating group) is 1. The van der Waals surface area contributed by atoms with Gasteiger partial charge < -0.3 is 19.5 Å². The Hall–Kier alpha value is -1.43. The second kappa shape index (κ2) is 8.12. The average Bonchev–Trinajstić information content (AvgIpc) is 2.86. The molecule has 2 rings (SSSR count). The Labute approximate surface area is 126 Å². The Balaban J connectivity index is 1.86. The second-order valence-electron chi connectivity index (χ2n) is 5.23. The summed E-state index contributed by atoms with van der Waals surface area (Å²) in [6.45, 7) is 7.62. The molecule has 0 unspecified atom stereocenters. The summed E-state index contributed by atoms with van der Waals surface area (Å²) in [5.74, 6) is 1.11. The molecule has 1 aromatic carbocycles. The first-order valence-electron chi connectivity index (χ1n) is 7.58. The second-order valence-corrected chi connectivity index (χ2v) is 5.23. The molecule has 0 radical (unpaired) electrons. The zero-order chi connectivity index (χ0) is 15.1. The Kier molecular flexibility index (Phi) is 6.17. The molecule has 0 fully saturated rings. The monoisotopic (exact) mass is 290 g/mol. The molecule has 0 bridgehead atoms. The fourth-order valence-corrected chi connectivity index (χ4v) is 2.44. The summed E-state index contributed by atoms with van der Waals surface area (Å²) in [5, 5.41) is 3.48. The standard InChI is InChI=1S/C16H26N4O/c1-4-20-15-8-6-5-7-14(15)18-16(20)13-17-9-10-19(2)11-12-21-3/h5-8,17H,4,9-13H2,1-3H3. The van der Waals surface area contributed by atoms with Gasteiger partial charge in [0, 0.05) is 33.3 Å². The summed E-state index contributed by atoms with van der Waals surface area (Å²) < 4.78 is 7.35. The van der Waals surface area contributed by atoms with E-state index in [2.05, 4.69) is 47.0 Å². The molecule has 116 valence electrons. The molecule has 1 N–H and O–H groups in total. The normalized spacial score (nSPS) is 11.6. The number of benzene rings is 1. The lowest BCUT2D eigenvalue weighted by Gasteiger charge is -2.16. The molecule has 21 heavy (non-hydrogen) atoms. The lowest BCUT2D eigenvalue weighted by atomic mass is 10.3. The van der Waals surface area contributed by atoms with Crippen LogP contribution in [0, 0.1) is 0 Å². The number of aromatic nitrogens is 2. The van der Waals surface area contributed by atoms with Gasteiger partial charge in [0.1, 0.15) is 5.82 Å². The number of nitrogens with zero attached hydrogens (tertiary/aromatic N) is 3. The minimum absolute atomic E-state index is 0.780. The quantitative estimate of drug-likeness (QED) is 0.714. The molecule has 0 saturated heterocycles. The van der Waals surface area contributed by atoms with Crippen LogP contribution in [0.2, 0.25) is 0 Å². The maximum Gasteiger partial charge on any atom is 0.123 e. The summed E-state index contributed by atoms with van der Waals surface area (Å²) >= 11 is 0. The third-order valence-corrected chi connectivity index (χ3v) is 3.68. The van der Waals surface area contributed by atoms with E-state index in [4.69, 9.17) is 9.72 Å². The van der Waals surface area contributed by atoms with Crippen LogP contribution < -0.4 is 5.32 Å². The van der Waals surface area contributed by atoms with Gasteiger partial charge in [0.05, 0.1) is 24.2 Å². The zero-order valence-electron chi connectivity index (χ0n) is 13.3. The molecule has 0 atom stereocenters. The van der Waals surface area contributed by atoms with Crippen LogP contribution in [-0.4, -0.2) is 54.8 Å². The van der Waals surface area contributed by atoms with Crippen LogP contribution in [0.25, 0.3) is 11.0 Å². The van der Waals surface area contributed by atoms with Gasteiger partial charge in [0.25, 0.3) is 0 Å². The first-order chi connectivity index (χ1) is 10.3. The van der Waals surface area contributed by atoms with Crippen molar-refractivity contribution in [2.45, 2.75) is 20.0 Å². The predicted molar refractivity (Wildman–Crippen MR) is 86.5 cm³/mol. The van der Waals surface area contributed by atoms with Crippen LogP contribution in [0.4, 0.5) is 0 Å². The summed E-state index contributed by atoms with van der Waals surface area (Å²) in [4.78, 5) is 6.98. The highest BCUT2D eigenvalue weighted by Crippen LogP contribution is 2.15. The number of imidazole rings is 1. The fraction of sp³-hybridized carbons (Fsp3) is 0.562. The van der Waals surface area contributed by atoms with Gasteiger partial charge in [-0.25, -0.2) is 4.98 Å². The van der Waals surface area contributed by atoms with Crippen molar-refractivity contribution in [3.05, 3.63) is 30.1 Å². The first kappa shape index (κ1) is 15.9. The van der Waals surface area contributed by atoms with Crippen LogP contribution >= 0.6 is 0 Å². The lowest BCUT2D eigenvalue weighted by Crippen LogP contribution is -2.31. The van der Waals surface area contributed by atoms with E-state index in [9.17, 15) is 0 Å². The molecule has 5 nitrogen and oxygen atoms in total. The Morgan fingerprint density at radius 1 is 1.29 bits per heavy atom. The molecule has 0 saturated carbocycles. The number of hydrogen-bond donors (Lipinski definition) is 1. The minimum Gasteiger partial charge on any atom is -0.383 e. The largest absolute Gasteiger partial charge is 0.383 e. The third-order valence-electron chi connectivity index (χ3n) is 3.68. The summed E-state index contributed by atoms with van der Waals surface area (Å²) in [5.41, 5.74) is 2.29. The maximum absolute atomic E-state index is 5.08. The third kappa shape index (κ3) is 4.27. The van der Waals surface area contributed by atoms with E-state index in [0.717, 1.165) is 50.7 Å². The number of ether oxygens (including phenoxy) is 1. The van der Waals surface area contributed by atoms with E-state index in [1.165, 1.54) is 5.52 Å². The van der Waals surface area contributed by atoms with Gasteiger partial charge in [0.15, 0.2) is 0 Å². The van der Waals surface area contributed by atoms with E-state index in [0.29, 0.717) is 0 Å². The molecule has 0 spiro atoms. The van der Waals surface area contributed by atoms with Gasteiger partial charge >= 0.3 is 0 Å². The van der Waals surface area contributed by atoms with E-state index >= 15 is 0 Å². The fourth-order valence-electron chi connectivity index (χ4n) is 2.44. The molecule has 1 heterocycles. The Bertz CT molecular complexity index is 552. The summed E-state index contributed by atoms with van der Waals surface area (Å²) in [6, 6.07) is 8.31. The molecule has 5 heteroatoms. The molecule has 0 amide bonds. The topological polar surface area (TPSA) is 42.3 Å². The molecule has 2 aromatic rings. The number of fused-ring (bicyclic) bond motifs is 1. The molecule has 0 aliphatic carbocycles. The van der Waals surface area contributed by atoms with Gasteiger partial charge in [0.2, 0.25) is 0 Å². The van der Waals surface area contributed by atoms with Gasteiger partial charge in [-0.3, -0.25) is 0 Å². The molecular formula is C16H26N4O. The molecular weight excluding hydrogens is 264 g/mol. The lowest BCUT2D eigenvalue weighted by molar-refractivity contribution is 0.161. The molecule has 0 aliphatic heterocycles. The highest BCUT2D eigenvalue weighted by molar-refractivity contribution is 5.75. The highest BCUT2D eigenvalue weighted by Gasteiger charge is 2.08. The van der Waals surface area contributed by atoms with Crippen molar-refractivity contribution >= 4 is 11.0 Å². The van der Waals surface area contributed by atoms with Gasteiger partial charge in [-0.05, 0) is 26.1 Å². The number of rotatable bonds is 9. The van der Waals surface area contributed by atoms with Crippen molar-refractivity contribution < 1.29 is 4.74 Å². The van der Waals surface area contributed by atoms with Crippen LogP contribution in [0.3, 0.4) is 0 Å². The van der Waals surface area contributed by atoms with E-state index in [1.807, 2.05) is 6.07 Å². The smallest absolute Gasteiger partial charge is 0.123 e. The first-order valence-corrected chi connectivity index (χ1v) is 7.58. The van der Waals surface area contributed by atoms with Crippen LogP contribution in [0.5, 0.6) is 0 Å². The molecule has 1 aromatic heterocycles. The van der Waals surface area contributed by atoms with E-state index in [1.54, 1.807) is 7.11 Å². The highest BCUT2D eigenvalue weighted by atomic mass is 16.5. The SMILES string of the molecule is CCn1c(CNCCN(C)CCOC)nc2ccccc21.